The Kier molecular flexibility index (Phi) is 5.98. The van der Waals surface area contributed by atoms with E-state index in [1.54, 1.807) is 0 Å². The summed E-state index contributed by atoms with van der Waals surface area (Å²) >= 11 is 8.54. The van der Waals surface area contributed by atoms with E-state index < -0.39 is 0 Å². The highest BCUT2D eigenvalue weighted by Crippen LogP contribution is 2.29. The van der Waals surface area contributed by atoms with Gasteiger partial charge in [0.25, 0.3) is 0 Å². The van der Waals surface area contributed by atoms with Crippen molar-refractivity contribution in [3.05, 3.63) is 97.1 Å². The summed E-state index contributed by atoms with van der Waals surface area (Å²) in [6.07, 6.45) is 0. The predicted octanol–water partition coefficient (Wildman–Crippen LogP) is 7.64. The van der Waals surface area contributed by atoms with Crippen LogP contribution in [0.25, 0.3) is 0 Å². The fourth-order valence-electron chi connectivity index (χ4n) is 2.59. The Hall–Kier alpha value is -3.02. The van der Waals surface area contributed by atoms with Crippen LogP contribution in [-0.4, -0.2) is 0 Å². The van der Waals surface area contributed by atoms with Gasteiger partial charge in [0.2, 0.25) is 0 Å². The van der Waals surface area contributed by atoms with E-state index in [0.717, 1.165) is 44.3 Å². The van der Waals surface area contributed by atoms with Gasteiger partial charge in [-0.25, -0.2) is 0 Å². The molecule has 4 rings (SSSR count). The lowest BCUT2D eigenvalue weighted by molar-refractivity contribution is 0.464. The molecule has 0 aliphatic rings. The lowest BCUT2D eigenvalue weighted by Crippen LogP contribution is -1.87. The summed E-state index contributed by atoms with van der Waals surface area (Å²) in [5.74, 6) is 4.44. The summed E-state index contributed by atoms with van der Waals surface area (Å²) in [5.41, 5.74) is 0. The Labute approximate surface area is 180 Å². The van der Waals surface area contributed by atoms with Crippen LogP contribution in [0.3, 0.4) is 0 Å². The third-order valence-corrected chi connectivity index (χ3v) is 4.62. The Bertz CT molecular complexity index is 970. The second-order valence-corrected chi connectivity index (χ2v) is 7.27. The van der Waals surface area contributed by atoms with Gasteiger partial charge in [-0.3, -0.25) is 0 Å². The average Bonchev–Trinajstić information content (AvgIpc) is 2.74. The minimum atomic E-state index is 0.723. The van der Waals surface area contributed by atoms with Gasteiger partial charge in [-0.1, -0.05) is 0 Å². The normalized spacial score (nSPS) is 10.4. The molecule has 0 unspecified atom stereocenters. The number of benzene rings is 4. The van der Waals surface area contributed by atoms with Crippen molar-refractivity contribution in [2.45, 2.75) is 9.79 Å². The molecule has 29 heavy (non-hydrogen) atoms. The highest BCUT2D eigenvalue weighted by molar-refractivity contribution is 7.80. The molecule has 0 amide bonds. The van der Waals surface area contributed by atoms with Crippen molar-refractivity contribution in [2.75, 3.05) is 0 Å². The highest BCUT2D eigenvalue weighted by atomic mass is 32.1. The molecule has 0 N–H and O–H groups in total. The van der Waals surface area contributed by atoms with E-state index in [-0.39, 0.29) is 0 Å². The zero-order valence-corrected chi connectivity index (χ0v) is 17.1. The van der Waals surface area contributed by atoms with Gasteiger partial charge in [-0.2, -0.15) is 0 Å². The van der Waals surface area contributed by atoms with Crippen molar-refractivity contribution in [2.24, 2.45) is 0 Å². The van der Waals surface area contributed by atoms with Crippen LogP contribution in [0.4, 0.5) is 0 Å². The number of ether oxygens (including phenoxy) is 3. The van der Waals surface area contributed by atoms with Crippen LogP contribution in [0, 0.1) is 0 Å². The first kappa shape index (κ1) is 19.3. The number of hydrogen-bond acceptors (Lipinski definition) is 5. The van der Waals surface area contributed by atoms with Gasteiger partial charge >= 0.3 is 0 Å². The molecule has 0 aromatic heterocycles. The molecule has 0 atom stereocenters. The van der Waals surface area contributed by atoms with Gasteiger partial charge in [-0.15, -0.1) is 25.3 Å². The van der Waals surface area contributed by atoms with Crippen LogP contribution >= 0.6 is 25.3 Å². The van der Waals surface area contributed by atoms with Crippen molar-refractivity contribution < 1.29 is 14.2 Å². The third kappa shape index (κ3) is 5.50. The van der Waals surface area contributed by atoms with Crippen molar-refractivity contribution >= 4 is 25.3 Å². The Morgan fingerprint density at radius 3 is 0.690 bits per heavy atom. The summed E-state index contributed by atoms with van der Waals surface area (Å²) in [6.45, 7) is 0. The van der Waals surface area contributed by atoms with Crippen LogP contribution in [0.1, 0.15) is 0 Å². The Morgan fingerprint density at radius 1 is 0.310 bits per heavy atom. The van der Waals surface area contributed by atoms with E-state index in [4.69, 9.17) is 14.2 Å². The van der Waals surface area contributed by atoms with Gasteiger partial charge < -0.3 is 14.2 Å². The topological polar surface area (TPSA) is 27.7 Å². The number of rotatable bonds is 6. The molecule has 0 fully saturated rings. The molecular formula is C24H18O3S2. The zero-order chi connectivity index (χ0) is 20.1. The highest BCUT2D eigenvalue weighted by Gasteiger charge is 2.02. The van der Waals surface area contributed by atoms with Gasteiger partial charge in [0, 0.05) is 9.79 Å². The molecular weight excluding hydrogens is 400 g/mol. The first-order valence-electron chi connectivity index (χ1n) is 8.96. The second-order valence-electron chi connectivity index (χ2n) is 6.24. The Morgan fingerprint density at radius 2 is 0.483 bits per heavy atom. The fraction of sp³-hybridized carbons (Fsp3) is 0. The zero-order valence-electron chi connectivity index (χ0n) is 15.4. The minimum Gasteiger partial charge on any atom is -0.457 e. The van der Waals surface area contributed by atoms with Gasteiger partial charge in [-0.05, 0) is 97.1 Å². The maximum atomic E-state index is 5.89. The molecule has 0 aliphatic carbocycles. The summed E-state index contributed by atoms with van der Waals surface area (Å²) in [7, 11) is 0. The van der Waals surface area contributed by atoms with E-state index >= 15 is 0 Å². The lowest BCUT2D eigenvalue weighted by atomic mass is 10.3. The maximum Gasteiger partial charge on any atom is 0.127 e. The van der Waals surface area contributed by atoms with Crippen molar-refractivity contribution in [3.63, 3.8) is 0 Å². The molecule has 0 saturated heterocycles. The van der Waals surface area contributed by atoms with E-state index in [9.17, 15) is 0 Å². The van der Waals surface area contributed by atoms with Gasteiger partial charge in [0.15, 0.2) is 0 Å². The Balaban J connectivity index is 1.36. The van der Waals surface area contributed by atoms with Crippen LogP contribution in [0.2, 0.25) is 0 Å². The van der Waals surface area contributed by atoms with Crippen LogP contribution in [0.5, 0.6) is 34.5 Å². The summed E-state index contributed by atoms with van der Waals surface area (Å²) in [6, 6.07) is 30.0. The molecule has 4 aromatic rings. The van der Waals surface area contributed by atoms with E-state index in [1.807, 2.05) is 97.1 Å². The van der Waals surface area contributed by atoms with E-state index in [1.165, 1.54) is 0 Å². The molecule has 4 aromatic carbocycles. The van der Waals surface area contributed by atoms with Gasteiger partial charge in [0.1, 0.15) is 34.5 Å². The first-order chi connectivity index (χ1) is 14.1. The molecule has 0 bridgehead atoms. The van der Waals surface area contributed by atoms with Crippen molar-refractivity contribution in [1.82, 2.24) is 0 Å². The second kappa shape index (κ2) is 8.99. The smallest absolute Gasteiger partial charge is 0.127 e. The monoisotopic (exact) mass is 418 g/mol. The van der Waals surface area contributed by atoms with Crippen LogP contribution in [-0.2, 0) is 0 Å². The van der Waals surface area contributed by atoms with E-state index in [0.29, 0.717) is 0 Å². The minimum absolute atomic E-state index is 0.723. The first-order valence-corrected chi connectivity index (χ1v) is 9.85. The van der Waals surface area contributed by atoms with Crippen LogP contribution < -0.4 is 14.2 Å². The third-order valence-electron chi connectivity index (χ3n) is 4.03. The summed E-state index contributed by atoms with van der Waals surface area (Å²) < 4.78 is 17.5. The molecule has 0 heterocycles. The average molecular weight is 419 g/mol. The van der Waals surface area contributed by atoms with Crippen LogP contribution in [0.15, 0.2) is 107 Å². The maximum absolute atomic E-state index is 5.89. The van der Waals surface area contributed by atoms with E-state index in [2.05, 4.69) is 25.3 Å². The molecule has 0 saturated carbocycles. The molecule has 0 spiro atoms. The van der Waals surface area contributed by atoms with Crippen molar-refractivity contribution in [1.29, 1.82) is 0 Å². The molecule has 3 nitrogen and oxygen atoms in total. The lowest BCUT2D eigenvalue weighted by Gasteiger charge is -2.10. The standard InChI is InChI=1S/C24H18O3S2/c28-23-13-9-21(10-14-23)26-19-5-1-17(2-6-19)25-18-3-7-20(8-4-18)27-22-11-15-24(29)16-12-22/h1-16,28-29H. The van der Waals surface area contributed by atoms with Gasteiger partial charge in [0.05, 0.1) is 0 Å². The quantitative estimate of drug-likeness (QED) is 0.315. The summed E-state index contributed by atoms with van der Waals surface area (Å²) in [4.78, 5) is 1.79. The number of hydrogen-bond donors (Lipinski definition) is 2. The molecule has 0 aliphatic heterocycles. The fourth-order valence-corrected chi connectivity index (χ4v) is 2.89. The molecule has 5 heteroatoms. The molecule has 0 radical (unpaired) electrons. The summed E-state index contributed by atoms with van der Waals surface area (Å²) in [5, 5.41) is 0. The van der Waals surface area contributed by atoms with Crippen molar-refractivity contribution in [3.8, 4) is 34.5 Å². The number of thiol groups is 2. The largest absolute Gasteiger partial charge is 0.457 e. The SMILES string of the molecule is Sc1ccc(Oc2ccc(Oc3ccc(Oc4ccc(S)cc4)cc3)cc2)cc1. The predicted molar refractivity (Wildman–Crippen MR) is 120 cm³/mol. The molecule has 144 valence electrons.